The Kier molecular flexibility index (Phi) is 4.43. The van der Waals surface area contributed by atoms with E-state index in [0.717, 1.165) is 17.0 Å². The molecule has 0 bridgehead atoms. The second-order valence-corrected chi connectivity index (χ2v) is 5.10. The minimum Gasteiger partial charge on any atom is -0.464 e. The van der Waals surface area contributed by atoms with E-state index in [-0.39, 0.29) is 0 Å². The first-order valence-corrected chi connectivity index (χ1v) is 6.99. The summed E-state index contributed by atoms with van der Waals surface area (Å²) < 4.78 is 7.07. The third-order valence-electron chi connectivity index (χ3n) is 3.69. The summed E-state index contributed by atoms with van der Waals surface area (Å²) in [7, 11) is 0. The highest BCUT2D eigenvalue weighted by Gasteiger charge is 2.38. The van der Waals surface area contributed by atoms with Crippen LogP contribution >= 0.6 is 0 Å². The SMILES string of the molecule is CCOC(=O)C(N)(Cn1cnc(C)c1C)c1ccccc1. The number of nitrogens with two attached hydrogens (primary N) is 1. The van der Waals surface area contributed by atoms with Crippen molar-refractivity contribution in [3.05, 3.63) is 53.6 Å². The number of benzene rings is 1. The van der Waals surface area contributed by atoms with Gasteiger partial charge in [0.25, 0.3) is 0 Å². The lowest BCUT2D eigenvalue weighted by molar-refractivity contribution is -0.150. The molecule has 0 aliphatic heterocycles. The Morgan fingerprint density at radius 2 is 2.00 bits per heavy atom. The Hall–Kier alpha value is -2.14. The minimum absolute atomic E-state index is 0.294. The standard InChI is InChI=1S/C16H21N3O2/c1-4-21-15(20)16(17,14-8-6-5-7-9-14)10-19-11-18-12(2)13(19)3/h5-9,11H,4,10,17H2,1-3H3. The van der Waals surface area contributed by atoms with E-state index in [4.69, 9.17) is 10.5 Å². The van der Waals surface area contributed by atoms with Gasteiger partial charge in [0.1, 0.15) is 0 Å². The van der Waals surface area contributed by atoms with Crippen molar-refractivity contribution in [3.63, 3.8) is 0 Å². The van der Waals surface area contributed by atoms with Crippen molar-refractivity contribution in [2.24, 2.45) is 5.73 Å². The Balaban J connectivity index is 2.41. The Labute approximate surface area is 124 Å². The van der Waals surface area contributed by atoms with Crippen LogP contribution < -0.4 is 5.73 Å². The fourth-order valence-corrected chi connectivity index (χ4v) is 2.24. The van der Waals surface area contributed by atoms with Crippen LogP contribution in [0.2, 0.25) is 0 Å². The summed E-state index contributed by atoms with van der Waals surface area (Å²) in [6, 6.07) is 9.30. The zero-order valence-corrected chi connectivity index (χ0v) is 12.7. The molecule has 2 N–H and O–H groups in total. The molecule has 2 rings (SSSR count). The number of hydrogen-bond acceptors (Lipinski definition) is 4. The van der Waals surface area contributed by atoms with Gasteiger partial charge in [-0.3, -0.25) is 0 Å². The second-order valence-electron chi connectivity index (χ2n) is 5.10. The monoisotopic (exact) mass is 287 g/mol. The van der Waals surface area contributed by atoms with Gasteiger partial charge < -0.3 is 15.0 Å². The highest BCUT2D eigenvalue weighted by molar-refractivity contribution is 5.82. The topological polar surface area (TPSA) is 70.1 Å². The third kappa shape index (κ3) is 2.97. The van der Waals surface area contributed by atoms with Crippen LogP contribution in [0.5, 0.6) is 0 Å². The molecular formula is C16H21N3O2. The van der Waals surface area contributed by atoms with E-state index in [9.17, 15) is 4.79 Å². The molecule has 5 nitrogen and oxygen atoms in total. The molecule has 0 saturated carbocycles. The lowest BCUT2D eigenvalue weighted by Gasteiger charge is -2.28. The van der Waals surface area contributed by atoms with Crippen LogP contribution in [0, 0.1) is 13.8 Å². The number of aryl methyl sites for hydroxylation is 1. The van der Waals surface area contributed by atoms with Gasteiger partial charge in [-0.2, -0.15) is 0 Å². The molecule has 0 spiro atoms. The maximum absolute atomic E-state index is 12.4. The van der Waals surface area contributed by atoms with E-state index < -0.39 is 11.5 Å². The van der Waals surface area contributed by atoms with Gasteiger partial charge in [0, 0.05) is 5.69 Å². The largest absolute Gasteiger partial charge is 0.464 e. The number of imidazole rings is 1. The van der Waals surface area contributed by atoms with Crippen LogP contribution in [-0.4, -0.2) is 22.1 Å². The number of carbonyl (C=O) groups is 1. The summed E-state index contributed by atoms with van der Waals surface area (Å²) in [6.07, 6.45) is 1.70. The third-order valence-corrected chi connectivity index (χ3v) is 3.69. The maximum Gasteiger partial charge on any atom is 0.332 e. The molecule has 0 radical (unpaired) electrons. The molecule has 21 heavy (non-hydrogen) atoms. The molecule has 0 aliphatic rings. The van der Waals surface area contributed by atoms with Gasteiger partial charge in [-0.25, -0.2) is 9.78 Å². The number of rotatable bonds is 5. The highest BCUT2D eigenvalue weighted by atomic mass is 16.5. The normalized spacial score (nSPS) is 13.7. The molecule has 2 aromatic rings. The summed E-state index contributed by atoms with van der Waals surface area (Å²) in [5.74, 6) is -0.429. The van der Waals surface area contributed by atoms with Crippen molar-refractivity contribution in [2.75, 3.05) is 6.61 Å². The van der Waals surface area contributed by atoms with Gasteiger partial charge in [-0.05, 0) is 26.3 Å². The summed E-state index contributed by atoms with van der Waals surface area (Å²) in [5, 5.41) is 0. The number of nitrogens with zero attached hydrogens (tertiary/aromatic N) is 2. The predicted octanol–water partition coefficient (Wildman–Crippen LogP) is 1.92. The molecule has 0 saturated heterocycles. The highest BCUT2D eigenvalue weighted by Crippen LogP contribution is 2.23. The van der Waals surface area contributed by atoms with Gasteiger partial charge >= 0.3 is 5.97 Å². The predicted molar refractivity (Wildman–Crippen MR) is 80.6 cm³/mol. The van der Waals surface area contributed by atoms with Crippen molar-refractivity contribution in [1.29, 1.82) is 0 Å². The minimum atomic E-state index is -1.23. The maximum atomic E-state index is 12.4. The average Bonchev–Trinajstić information content (AvgIpc) is 2.80. The number of esters is 1. The van der Waals surface area contributed by atoms with E-state index in [1.165, 1.54) is 0 Å². The smallest absolute Gasteiger partial charge is 0.332 e. The number of hydrogen-bond donors (Lipinski definition) is 1. The van der Waals surface area contributed by atoms with Crippen LogP contribution in [0.25, 0.3) is 0 Å². The fraction of sp³-hybridized carbons (Fsp3) is 0.375. The molecule has 1 aromatic carbocycles. The van der Waals surface area contributed by atoms with Crippen molar-refractivity contribution in [1.82, 2.24) is 9.55 Å². The van der Waals surface area contributed by atoms with Crippen molar-refractivity contribution in [2.45, 2.75) is 32.9 Å². The average molecular weight is 287 g/mol. The molecule has 1 aromatic heterocycles. The molecule has 1 atom stereocenters. The molecule has 112 valence electrons. The number of carbonyl (C=O) groups excluding carboxylic acids is 1. The Morgan fingerprint density at radius 3 is 2.52 bits per heavy atom. The first kappa shape index (κ1) is 15.3. The van der Waals surface area contributed by atoms with Crippen molar-refractivity contribution >= 4 is 5.97 Å². The van der Waals surface area contributed by atoms with Gasteiger partial charge in [0.15, 0.2) is 5.54 Å². The Morgan fingerprint density at radius 1 is 1.33 bits per heavy atom. The van der Waals surface area contributed by atoms with Gasteiger partial charge in [0.05, 0.1) is 25.2 Å². The van der Waals surface area contributed by atoms with Crippen LogP contribution in [0.1, 0.15) is 23.9 Å². The lowest BCUT2D eigenvalue weighted by atomic mass is 9.90. The second kappa shape index (κ2) is 6.10. The van der Waals surface area contributed by atoms with E-state index in [1.807, 2.05) is 48.7 Å². The number of ether oxygens (including phenoxy) is 1. The molecule has 0 aliphatic carbocycles. The molecule has 5 heteroatoms. The van der Waals surface area contributed by atoms with Crippen LogP contribution in [0.3, 0.4) is 0 Å². The zero-order valence-electron chi connectivity index (χ0n) is 12.7. The lowest BCUT2D eigenvalue weighted by Crippen LogP contribution is -2.49. The quantitative estimate of drug-likeness (QED) is 0.853. The molecule has 1 heterocycles. The first-order chi connectivity index (χ1) is 9.99. The van der Waals surface area contributed by atoms with E-state index >= 15 is 0 Å². The summed E-state index contributed by atoms with van der Waals surface area (Å²) in [5.41, 5.74) is 7.86. The number of aromatic nitrogens is 2. The van der Waals surface area contributed by atoms with Crippen molar-refractivity contribution in [3.8, 4) is 0 Å². The first-order valence-electron chi connectivity index (χ1n) is 6.99. The van der Waals surface area contributed by atoms with E-state index in [0.29, 0.717) is 13.2 Å². The molecule has 0 fully saturated rings. The van der Waals surface area contributed by atoms with E-state index in [1.54, 1.807) is 13.3 Å². The molecule has 1 unspecified atom stereocenters. The zero-order chi connectivity index (χ0) is 15.5. The summed E-state index contributed by atoms with van der Waals surface area (Å²) in [4.78, 5) is 16.7. The van der Waals surface area contributed by atoms with Crippen molar-refractivity contribution < 1.29 is 9.53 Å². The summed E-state index contributed by atoms with van der Waals surface area (Å²) >= 11 is 0. The molecule has 0 amide bonds. The van der Waals surface area contributed by atoms with Gasteiger partial charge in [-0.1, -0.05) is 30.3 Å². The van der Waals surface area contributed by atoms with Crippen LogP contribution in [0.4, 0.5) is 0 Å². The van der Waals surface area contributed by atoms with E-state index in [2.05, 4.69) is 4.98 Å². The fourth-order valence-electron chi connectivity index (χ4n) is 2.24. The summed E-state index contributed by atoms with van der Waals surface area (Å²) in [6.45, 7) is 6.25. The van der Waals surface area contributed by atoms with Gasteiger partial charge in [-0.15, -0.1) is 0 Å². The Bertz CT molecular complexity index is 622. The van der Waals surface area contributed by atoms with Crippen LogP contribution in [-0.2, 0) is 21.6 Å². The van der Waals surface area contributed by atoms with Crippen LogP contribution in [0.15, 0.2) is 36.7 Å². The van der Waals surface area contributed by atoms with Gasteiger partial charge in [0.2, 0.25) is 0 Å². The molecular weight excluding hydrogens is 266 g/mol.